The Hall–Kier alpha value is -1.52. The van der Waals surface area contributed by atoms with Gasteiger partial charge in [0.05, 0.1) is 46.8 Å². The highest BCUT2D eigenvalue weighted by molar-refractivity contribution is 5.66. The van der Waals surface area contributed by atoms with Gasteiger partial charge >= 0.3 is 11.9 Å². The minimum Gasteiger partial charge on any atom is -0.463 e. The molecule has 0 radical (unpaired) electrons. The predicted octanol–water partition coefficient (Wildman–Crippen LogP) is 5.57. The minimum absolute atomic E-state index is 0.0979. The quantitative estimate of drug-likeness (QED) is 0.216. The normalized spacial score (nSPS) is 35.8. The second-order valence-corrected chi connectivity index (χ2v) is 15.0. The Bertz CT molecular complexity index is 1000. The lowest BCUT2D eigenvalue weighted by Gasteiger charge is -2.54. The van der Waals surface area contributed by atoms with Crippen LogP contribution < -0.4 is 0 Å². The van der Waals surface area contributed by atoms with E-state index in [0.717, 1.165) is 32.1 Å². The molecule has 9 heteroatoms. The second kappa shape index (κ2) is 13.5. The minimum atomic E-state index is -1.06. The van der Waals surface area contributed by atoms with Crippen molar-refractivity contribution in [1.82, 2.24) is 0 Å². The lowest BCUT2D eigenvalue weighted by molar-refractivity contribution is -0.291. The van der Waals surface area contributed by atoms with Gasteiger partial charge in [-0.3, -0.25) is 9.59 Å². The van der Waals surface area contributed by atoms with E-state index in [9.17, 15) is 19.8 Å². The number of hydrogen-bond acceptors (Lipinski definition) is 9. The summed E-state index contributed by atoms with van der Waals surface area (Å²) in [7, 11) is 0. The third-order valence-electron chi connectivity index (χ3n) is 10.1. The summed E-state index contributed by atoms with van der Waals surface area (Å²) in [5, 5.41) is 21.2. The van der Waals surface area contributed by atoms with E-state index in [1.807, 2.05) is 26.8 Å². The lowest BCUT2D eigenvalue weighted by Crippen LogP contribution is -2.62. The molecule has 3 rings (SSSR count). The summed E-state index contributed by atoms with van der Waals surface area (Å²) in [6, 6.07) is 0. The Morgan fingerprint density at radius 1 is 0.907 bits per heavy atom. The standard InChI is InChI=1S/C34H58O9/c1-22(23(2)39-24(3)35)14-19-32(8,41-25(4)36)28-16-21-33(9)27(40-28)12-13-29(43-33)34(10)20-15-26(42-34)31(7,38)18-11-17-30(5,6)37/h11,17,22-23,26-29,37-38H,12-16,18-21H2,1-10H3/b17-11+/t22?,23?,26-,27+,28+,29+,31?,32?,33-,34-/m0/s1. The maximum Gasteiger partial charge on any atom is 0.303 e. The Labute approximate surface area is 259 Å². The molecule has 0 amide bonds. The van der Waals surface area contributed by atoms with Crippen molar-refractivity contribution in [3.63, 3.8) is 0 Å². The number of rotatable bonds is 12. The first-order valence-electron chi connectivity index (χ1n) is 16.2. The summed E-state index contributed by atoms with van der Waals surface area (Å²) in [6.07, 6.45) is 8.61. The van der Waals surface area contributed by atoms with E-state index >= 15 is 0 Å². The predicted molar refractivity (Wildman–Crippen MR) is 163 cm³/mol. The smallest absolute Gasteiger partial charge is 0.303 e. The summed E-state index contributed by atoms with van der Waals surface area (Å²) < 4.78 is 31.4. The van der Waals surface area contributed by atoms with Crippen LogP contribution in [0.2, 0.25) is 0 Å². The van der Waals surface area contributed by atoms with Gasteiger partial charge < -0.3 is 33.9 Å². The van der Waals surface area contributed by atoms with Crippen LogP contribution in [0.1, 0.15) is 127 Å². The van der Waals surface area contributed by atoms with Crippen molar-refractivity contribution >= 4 is 11.9 Å². The number of ether oxygens (including phenoxy) is 5. The molecule has 0 aliphatic carbocycles. The molecule has 3 fully saturated rings. The molecule has 0 aromatic rings. The summed E-state index contributed by atoms with van der Waals surface area (Å²) in [4.78, 5) is 23.6. The zero-order chi connectivity index (χ0) is 32.4. The van der Waals surface area contributed by atoms with Crippen LogP contribution in [0.25, 0.3) is 0 Å². The fourth-order valence-corrected chi connectivity index (χ4v) is 7.05. The lowest BCUT2D eigenvalue weighted by atomic mass is 9.76. The van der Waals surface area contributed by atoms with Crippen molar-refractivity contribution in [3.05, 3.63) is 12.2 Å². The molecule has 0 aromatic heterocycles. The van der Waals surface area contributed by atoms with Crippen LogP contribution in [0.5, 0.6) is 0 Å². The molecule has 9 nitrogen and oxygen atoms in total. The molecular formula is C34H58O9. The molecule has 0 saturated carbocycles. The van der Waals surface area contributed by atoms with Gasteiger partial charge in [-0.1, -0.05) is 19.1 Å². The fraction of sp³-hybridized carbons (Fsp3) is 0.882. The third kappa shape index (κ3) is 9.25. The molecule has 2 N–H and O–H groups in total. The van der Waals surface area contributed by atoms with E-state index in [1.54, 1.807) is 26.8 Å². The molecule has 43 heavy (non-hydrogen) atoms. The van der Waals surface area contributed by atoms with Crippen molar-refractivity contribution in [2.24, 2.45) is 5.92 Å². The van der Waals surface area contributed by atoms with E-state index in [4.69, 9.17) is 23.7 Å². The van der Waals surface area contributed by atoms with E-state index in [1.165, 1.54) is 13.8 Å². The van der Waals surface area contributed by atoms with Crippen molar-refractivity contribution in [1.29, 1.82) is 0 Å². The molecule has 3 heterocycles. The van der Waals surface area contributed by atoms with Crippen LogP contribution in [-0.2, 0) is 33.3 Å². The van der Waals surface area contributed by atoms with Gasteiger partial charge in [-0.15, -0.1) is 0 Å². The zero-order valence-corrected chi connectivity index (χ0v) is 28.2. The van der Waals surface area contributed by atoms with Gasteiger partial charge in [-0.05, 0) is 112 Å². The Balaban J connectivity index is 1.64. The van der Waals surface area contributed by atoms with Crippen LogP contribution in [0.3, 0.4) is 0 Å². The number of fused-ring (bicyclic) bond motifs is 1. The molecule has 0 bridgehead atoms. The first-order valence-corrected chi connectivity index (χ1v) is 16.2. The van der Waals surface area contributed by atoms with Crippen LogP contribution >= 0.6 is 0 Å². The first-order chi connectivity index (χ1) is 19.7. The molecule has 0 spiro atoms. The highest BCUT2D eigenvalue weighted by Crippen LogP contribution is 2.49. The van der Waals surface area contributed by atoms with Crippen LogP contribution in [0.4, 0.5) is 0 Å². The van der Waals surface area contributed by atoms with Gasteiger partial charge in [-0.25, -0.2) is 0 Å². The van der Waals surface area contributed by atoms with Crippen LogP contribution in [0, 0.1) is 5.92 Å². The topological polar surface area (TPSA) is 121 Å². The molecule has 248 valence electrons. The summed E-state index contributed by atoms with van der Waals surface area (Å²) >= 11 is 0. The first kappa shape index (κ1) is 36.0. The van der Waals surface area contributed by atoms with Gasteiger partial charge in [0.2, 0.25) is 0 Å². The van der Waals surface area contributed by atoms with Crippen molar-refractivity contribution < 1.29 is 43.5 Å². The van der Waals surface area contributed by atoms with Gasteiger partial charge in [-0.2, -0.15) is 0 Å². The monoisotopic (exact) mass is 610 g/mol. The van der Waals surface area contributed by atoms with Crippen LogP contribution in [-0.4, -0.2) is 80.7 Å². The van der Waals surface area contributed by atoms with Gasteiger partial charge in [0.25, 0.3) is 0 Å². The maximum atomic E-state index is 12.2. The molecule has 4 unspecified atom stereocenters. The summed E-state index contributed by atoms with van der Waals surface area (Å²) in [5.74, 6) is -0.544. The summed E-state index contributed by atoms with van der Waals surface area (Å²) in [6.45, 7) is 18.1. The largest absolute Gasteiger partial charge is 0.463 e. The SMILES string of the molecule is CC(=O)OC(C)C(C)CCC(C)(OC(C)=O)[C@H]1CC[C@]2(C)O[C@@H]([C@]3(C)CC[C@@H](C(C)(O)C/C=C/C(C)(C)O)O3)CC[C@H]2O1. The average molecular weight is 611 g/mol. The fourth-order valence-electron chi connectivity index (χ4n) is 7.05. The van der Waals surface area contributed by atoms with Crippen LogP contribution in [0.15, 0.2) is 12.2 Å². The van der Waals surface area contributed by atoms with E-state index in [-0.39, 0.29) is 48.4 Å². The van der Waals surface area contributed by atoms with Gasteiger partial charge in [0.15, 0.2) is 0 Å². The molecular weight excluding hydrogens is 552 g/mol. The Kier molecular flexibility index (Phi) is 11.2. The van der Waals surface area contributed by atoms with Crippen molar-refractivity contribution in [3.8, 4) is 0 Å². The van der Waals surface area contributed by atoms with E-state index in [0.29, 0.717) is 25.7 Å². The number of carbonyl (C=O) groups excluding carboxylic acids is 2. The highest BCUT2D eigenvalue weighted by atomic mass is 16.6. The number of hydrogen-bond donors (Lipinski definition) is 2. The summed E-state index contributed by atoms with van der Waals surface area (Å²) in [5.41, 5.74) is -3.83. The third-order valence-corrected chi connectivity index (χ3v) is 10.1. The molecule has 3 saturated heterocycles. The highest BCUT2D eigenvalue weighted by Gasteiger charge is 2.56. The van der Waals surface area contributed by atoms with Gasteiger partial charge in [0, 0.05) is 13.8 Å². The molecule has 0 aromatic carbocycles. The Morgan fingerprint density at radius 3 is 2.07 bits per heavy atom. The average Bonchev–Trinajstić information content (AvgIpc) is 3.29. The van der Waals surface area contributed by atoms with E-state index in [2.05, 4.69) is 13.8 Å². The van der Waals surface area contributed by atoms with Gasteiger partial charge in [0.1, 0.15) is 11.7 Å². The van der Waals surface area contributed by atoms with Crippen molar-refractivity contribution in [2.45, 2.75) is 186 Å². The second-order valence-electron chi connectivity index (χ2n) is 15.0. The molecule has 3 aliphatic rings. The maximum absolute atomic E-state index is 12.2. The Morgan fingerprint density at radius 2 is 1.49 bits per heavy atom. The molecule has 10 atom stereocenters. The number of carbonyl (C=O) groups is 2. The van der Waals surface area contributed by atoms with Crippen molar-refractivity contribution in [2.75, 3.05) is 0 Å². The number of aliphatic hydroxyl groups is 2. The van der Waals surface area contributed by atoms with E-state index < -0.39 is 28.0 Å². The zero-order valence-electron chi connectivity index (χ0n) is 28.2. The number of esters is 2. The molecule has 3 aliphatic heterocycles.